The highest BCUT2D eigenvalue weighted by Crippen LogP contribution is 2.39. The van der Waals surface area contributed by atoms with E-state index in [-0.39, 0.29) is 5.56 Å². The number of aromatic nitrogens is 5. The molecule has 0 amide bonds. The van der Waals surface area contributed by atoms with Crippen molar-refractivity contribution in [3.05, 3.63) is 82.8 Å². The Bertz CT molecular complexity index is 1500. The minimum absolute atomic E-state index is 0.0166. The molecule has 3 aromatic heterocycles. The Kier molecular flexibility index (Phi) is 4.66. The van der Waals surface area contributed by atoms with E-state index in [0.29, 0.717) is 17.1 Å². The molecule has 7 nitrogen and oxygen atoms in total. The van der Waals surface area contributed by atoms with Crippen LogP contribution in [-0.2, 0) is 14.1 Å². The fraction of sp³-hybridized carbons (Fsp3) is 0.160. The van der Waals surface area contributed by atoms with Crippen molar-refractivity contribution in [3.63, 3.8) is 0 Å². The zero-order chi connectivity index (χ0) is 22.4. The summed E-state index contributed by atoms with van der Waals surface area (Å²) in [6, 6.07) is 13.8. The van der Waals surface area contributed by atoms with Crippen LogP contribution in [0.25, 0.3) is 33.3 Å². The molecule has 7 heteroatoms. The van der Waals surface area contributed by atoms with Crippen LogP contribution < -0.4 is 10.3 Å². The predicted molar refractivity (Wildman–Crippen MR) is 125 cm³/mol. The number of benzene rings is 2. The van der Waals surface area contributed by atoms with E-state index in [9.17, 15) is 4.79 Å². The van der Waals surface area contributed by atoms with Crippen LogP contribution in [0.5, 0.6) is 11.5 Å². The number of pyridine rings is 1. The number of aryl methyl sites for hydroxylation is 4. The fourth-order valence-corrected chi connectivity index (χ4v) is 3.96. The molecule has 0 aliphatic rings. The standard InChI is InChI=1S/C25H23N5O2/c1-15-10-18(13-29(3)25(15)31)21-8-9-22-23(28-16(2)27-22)24(21)32-20-7-5-6-17(11-20)19-12-26-30(4)14-19/h5-14H,1-4H3,(H,27,28). The monoisotopic (exact) mass is 425 g/mol. The first-order valence-electron chi connectivity index (χ1n) is 10.3. The number of nitrogens with zero attached hydrogens (tertiary/aromatic N) is 4. The molecule has 0 bridgehead atoms. The summed E-state index contributed by atoms with van der Waals surface area (Å²) in [5.41, 5.74) is 6.09. The minimum atomic E-state index is -0.0166. The highest BCUT2D eigenvalue weighted by Gasteiger charge is 2.17. The number of rotatable bonds is 4. The lowest BCUT2D eigenvalue weighted by Crippen LogP contribution is -2.18. The Labute approximate surface area is 184 Å². The molecule has 0 aliphatic carbocycles. The molecular weight excluding hydrogens is 402 g/mol. The summed E-state index contributed by atoms with van der Waals surface area (Å²) in [5, 5.41) is 4.26. The zero-order valence-corrected chi connectivity index (χ0v) is 18.4. The largest absolute Gasteiger partial charge is 0.454 e. The van der Waals surface area contributed by atoms with E-state index in [0.717, 1.165) is 39.1 Å². The molecule has 0 saturated carbocycles. The molecule has 160 valence electrons. The maximum absolute atomic E-state index is 12.2. The zero-order valence-electron chi connectivity index (χ0n) is 18.4. The molecule has 2 aromatic carbocycles. The normalized spacial score (nSPS) is 11.2. The molecule has 1 N–H and O–H groups in total. The first kappa shape index (κ1) is 19.8. The average Bonchev–Trinajstić information content (AvgIpc) is 3.37. The van der Waals surface area contributed by atoms with Crippen LogP contribution in [0.3, 0.4) is 0 Å². The number of imidazole rings is 1. The summed E-state index contributed by atoms with van der Waals surface area (Å²) in [4.78, 5) is 20.2. The van der Waals surface area contributed by atoms with Gasteiger partial charge in [0, 0.05) is 48.7 Å². The van der Waals surface area contributed by atoms with E-state index >= 15 is 0 Å². The predicted octanol–water partition coefficient (Wildman–Crippen LogP) is 4.74. The van der Waals surface area contributed by atoms with Crippen molar-refractivity contribution in [2.24, 2.45) is 14.1 Å². The van der Waals surface area contributed by atoms with Gasteiger partial charge in [0.25, 0.3) is 5.56 Å². The van der Waals surface area contributed by atoms with Crippen molar-refractivity contribution in [2.75, 3.05) is 0 Å². The van der Waals surface area contributed by atoms with Crippen LogP contribution in [0.2, 0.25) is 0 Å². The molecular formula is C25H23N5O2. The van der Waals surface area contributed by atoms with Crippen LogP contribution >= 0.6 is 0 Å². The quantitative estimate of drug-likeness (QED) is 0.451. The number of hydrogen-bond acceptors (Lipinski definition) is 4. The third kappa shape index (κ3) is 3.47. The highest BCUT2D eigenvalue weighted by molar-refractivity contribution is 5.91. The van der Waals surface area contributed by atoms with E-state index in [1.807, 2.05) is 82.0 Å². The fourth-order valence-electron chi connectivity index (χ4n) is 3.96. The van der Waals surface area contributed by atoms with E-state index in [4.69, 9.17) is 4.74 Å². The Morgan fingerprint density at radius 2 is 1.81 bits per heavy atom. The minimum Gasteiger partial charge on any atom is -0.454 e. The van der Waals surface area contributed by atoms with Gasteiger partial charge in [0.05, 0.1) is 11.7 Å². The lowest BCUT2D eigenvalue weighted by atomic mass is 10.0. The van der Waals surface area contributed by atoms with Crippen LogP contribution in [0.1, 0.15) is 11.4 Å². The van der Waals surface area contributed by atoms with Crippen LogP contribution in [0, 0.1) is 13.8 Å². The second-order valence-corrected chi connectivity index (χ2v) is 8.02. The highest BCUT2D eigenvalue weighted by atomic mass is 16.5. The SMILES string of the molecule is Cc1nc2c(Oc3cccc(-c4cnn(C)c4)c3)c(-c3cc(C)c(=O)n(C)c3)ccc2[nH]1. The Morgan fingerprint density at radius 1 is 0.969 bits per heavy atom. The second-order valence-electron chi connectivity index (χ2n) is 8.02. The van der Waals surface area contributed by atoms with Gasteiger partial charge < -0.3 is 14.3 Å². The van der Waals surface area contributed by atoms with Crippen molar-refractivity contribution < 1.29 is 4.74 Å². The average molecular weight is 425 g/mol. The molecule has 0 aliphatic heterocycles. The lowest BCUT2D eigenvalue weighted by Gasteiger charge is -2.14. The summed E-state index contributed by atoms with van der Waals surface area (Å²) >= 11 is 0. The second kappa shape index (κ2) is 7.53. The first-order chi connectivity index (χ1) is 15.4. The summed E-state index contributed by atoms with van der Waals surface area (Å²) < 4.78 is 9.84. The summed E-state index contributed by atoms with van der Waals surface area (Å²) in [7, 11) is 3.65. The third-order valence-corrected chi connectivity index (χ3v) is 5.49. The van der Waals surface area contributed by atoms with Gasteiger partial charge in [-0.05, 0) is 49.7 Å². The Hall–Kier alpha value is -4.13. The van der Waals surface area contributed by atoms with Gasteiger partial charge in [-0.2, -0.15) is 5.10 Å². The molecule has 0 unspecified atom stereocenters. The molecule has 0 spiro atoms. The number of nitrogens with one attached hydrogen (secondary N) is 1. The molecule has 0 saturated heterocycles. The molecule has 0 fully saturated rings. The topological polar surface area (TPSA) is 77.7 Å². The van der Waals surface area contributed by atoms with Crippen molar-refractivity contribution in [2.45, 2.75) is 13.8 Å². The van der Waals surface area contributed by atoms with Gasteiger partial charge in [0.15, 0.2) is 5.75 Å². The van der Waals surface area contributed by atoms with Gasteiger partial charge in [0.1, 0.15) is 17.1 Å². The Balaban J connectivity index is 1.66. The number of ether oxygens (including phenoxy) is 1. The summed E-state index contributed by atoms with van der Waals surface area (Å²) in [5.74, 6) is 2.15. The van der Waals surface area contributed by atoms with E-state index in [1.165, 1.54) is 0 Å². The number of hydrogen-bond donors (Lipinski definition) is 1. The van der Waals surface area contributed by atoms with Gasteiger partial charge in [-0.3, -0.25) is 9.48 Å². The smallest absolute Gasteiger partial charge is 0.253 e. The lowest BCUT2D eigenvalue weighted by molar-refractivity contribution is 0.489. The van der Waals surface area contributed by atoms with Gasteiger partial charge >= 0.3 is 0 Å². The summed E-state index contributed by atoms with van der Waals surface area (Å²) in [6.45, 7) is 3.74. The number of aromatic amines is 1. The number of fused-ring (bicyclic) bond motifs is 1. The molecule has 3 heterocycles. The van der Waals surface area contributed by atoms with Crippen LogP contribution in [0.4, 0.5) is 0 Å². The van der Waals surface area contributed by atoms with Crippen molar-refractivity contribution in [1.29, 1.82) is 0 Å². The summed E-state index contributed by atoms with van der Waals surface area (Å²) in [6.07, 6.45) is 5.63. The van der Waals surface area contributed by atoms with Crippen molar-refractivity contribution in [3.8, 4) is 33.8 Å². The molecule has 0 radical (unpaired) electrons. The van der Waals surface area contributed by atoms with Crippen LogP contribution in [0.15, 0.2) is 65.8 Å². The molecule has 5 aromatic rings. The van der Waals surface area contributed by atoms with E-state index in [1.54, 1.807) is 16.3 Å². The molecule has 0 atom stereocenters. The maximum atomic E-state index is 12.2. The van der Waals surface area contributed by atoms with Gasteiger partial charge in [-0.15, -0.1) is 0 Å². The molecule has 32 heavy (non-hydrogen) atoms. The van der Waals surface area contributed by atoms with E-state index < -0.39 is 0 Å². The van der Waals surface area contributed by atoms with Crippen LogP contribution in [-0.4, -0.2) is 24.3 Å². The first-order valence-corrected chi connectivity index (χ1v) is 10.3. The van der Waals surface area contributed by atoms with Gasteiger partial charge in [-0.25, -0.2) is 4.98 Å². The van der Waals surface area contributed by atoms with Crippen molar-refractivity contribution >= 4 is 11.0 Å². The molecule has 5 rings (SSSR count). The van der Waals surface area contributed by atoms with Gasteiger partial charge in [0.2, 0.25) is 0 Å². The van der Waals surface area contributed by atoms with Crippen molar-refractivity contribution in [1.82, 2.24) is 24.3 Å². The maximum Gasteiger partial charge on any atom is 0.253 e. The number of H-pyrrole nitrogens is 1. The van der Waals surface area contributed by atoms with E-state index in [2.05, 4.69) is 15.1 Å². The van der Waals surface area contributed by atoms with Gasteiger partial charge in [-0.1, -0.05) is 12.1 Å². The third-order valence-electron chi connectivity index (χ3n) is 5.49. The Morgan fingerprint density at radius 3 is 2.56 bits per heavy atom.